The number of methoxy groups -OCH3 is 1. The van der Waals surface area contributed by atoms with Gasteiger partial charge < -0.3 is 19.9 Å². The molecule has 8 nitrogen and oxygen atoms in total. The van der Waals surface area contributed by atoms with Crippen molar-refractivity contribution in [3.63, 3.8) is 0 Å². The third-order valence-electron chi connectivity index (χ3n) is 6.43. The fraction of sp³-hybridized carbons (Fsp3) is 0.435. The summed E-state index contributed by atoms with van der Waals surface area (Å²) in [4.78, 5) is 9.21. The van der Waals surface area contributed by atoms with Gasteiger partial charge in [-0.2, -0.15) is 0 Å². The summed E-state index contributed by atoms with van der Waals surface area (Å²) in [5, 5.41) is 3.43. The molecule has 2 aromatic heterocycles. The Kier molecular flexibility index (Phi) is 5.56. The van der Waals surface area contributed by atoms with Gasteiger partial charge in [-0.1, -0.05) is 6.07 Å². The summed E-state index contributed by atoms with van der Waals surface area (Å²) in [6.45, 7) is 6.22. The summed E-state index contributed by atoms with van der Waals surface area (Å²) >= 11 is 0. The van der Waals surface area contributed by atoms with E-state index < -0.39 is 10.0 Å². The van der Waals surface area contributed by atoms with Gasteiger partial charge in [-0.15, -0.1) is 0 Å². The maximum atomic E-state index is 13.8. The Morgan fingerprint density at radius 1 is 1.12 bits per heavy atom. The highest BCUT2D eigenvalue weighted by Crippen LogP contribution is 2.32. The van der Waals surface area contributed by atoms with Gasteiger partial charge >= 0.3 is 0 Å². The Hall–Kier alpha value is -2.62. The van der Waals surface area contributed by atoms with Crippen LogP contribution in [0.1, 0.15) is 13.3 Å². The maximum absolute atomic E-state index is 13.8. The van der Waals surface area contributed by atoms with Crippen LogP contribution < -0.4 is 15.1 Å². The fourth-order valence-corrected chi connectivity index (χ4v) is 6.10. The number of aromatic nitrogens is 2. The number of nitrogens with one attached hydrogen (secondary N) is 1. The van der Waals surface area contributed by atoms with Crippen LogP contribution >= 0.6 is 0 Å². The van der Waals surface area contributed by atoms with Crippen LogP contribution in [-0.4, -0.2) is 69.4 Å². The van der Waals surface area contributed by atoms with E-state index in [9.17, 15) is 8.42 Å². The zero-order chi connectivity index (χ0) is 22.3. The quantitative estimate of drug-likeness (QED) is 0.632. The molecule has 2 aliphatic rings. The smallest absolute Gasteiger partial charge is 0.268 e. The van der Waals surface area contributed by atoms with Crippen molar-refractivity contribution in [2.24, 2.45) is 0 Å². The van der Waals surface area contributed by atoms with Gasteiger partial charge in [0.15, 0.2) is 0 Å². The monoisotopic (exact) mass is 455 g/mol. The summed E-state index contributed by atoms with van der Waals surface area (Å²) < 4.78 is 34.4. The minimum absolute atomic E-state index is 0.179. The molecule has 2 atom stereocenters. The lowest BCUT2D eigenvalue weighted by atomic mass is 10.2. The van der Waals surface area contributed by atoms with Crippen molar-refractivity contribution in [2.75, 3.05) is 49.6 Å². The van der Waals surface area contributed by atoms with Crippen molar-refractivity contribution < 1.29 is 13.2 Å². The summed E-state index contributed by atoms with van der Waals surface area (Å²) in [5.41, 5.74) is 3.07. The van der Waals surface area contributed by atoms with Crippen molar-refractivity contribution in [2.45, 2.75) is 30.4 Å². The first kappa shape index (κ1) is 21.2. The van der Waals surface area contributed by atoms with Gasteiger partial charge in [0.05, 0.1) is 22.2 Å². The van der Waals surface area contributed by atoms with Gasteiger partial charge in [-0.3, -0.25) is 4.98 Å². The minimum Gasteiger partial charge on any atom is -0.380 e. The van der Waals surface area contributed by atoms with E-state index in [0.717, 1.165) is 50.5 Å². The molecule has 3 aromatic rings. The van der Waals surface area contributed by atoms with Crippen LogP contribution in [0.15, 0.2) is 53.7 Å². The molecule has 0 amide bonds. The minimum atomic E-state index is -3.79. The zero-order valence-corrected chi connectivity index (χ0v) is 19.3. The van der Waals surface area contributed by atoms with Crippen LogP contribution in [0.4, 0.5) is 11.4 Å². The first-order valence-corrected chi connectivity index (χ1v) is 12.5. The summed E-state index contributed by atoms with van der Waals surface area (Å²) in [6, 6.07) is 11.1. The molecule has 2 fully saturated rings. The fourth-order valence-electron chi connectivity index (χ4n) is 4.70. The predicted octanol–water partition coefficient (Wildman–Crippen LogP) is 2.30. The molecule has 2 aliphatic heterocycles. The SMILES string of the molecule is COC1CCN(c2cccc(S(=O)(=O)n3cc(N4CCN[C@@H](C)C4)c4ncccc43)c2)C1. The molecule has 1 unspecified atom stereocenters. The second-order valence-corrected chi connectivity index (χ2v) is 10.4. The van der Waals surface area contributed by atoms with Crippen molar-refractivity contribution in [3.8, 4) is 0 Å². The van der Waals surface area contributed by atoms with Gasteiger partial charge in [0.25, 0.3) is 10.0 Å². The van der Waals surface area contributed by atoms with E-state index >= 15 is 0 Å². The van der Waals surface area contributed by atoms with Crippen molar-refractivity contribution in [1.82, 2.24) is 14.3 Å². The predicted molar refractivity (Wildman–Crippen MR) is 126 cm³/mol. The first-order valence-electron chi connectivity index (χ1n) is 11.0. The van der Waals surface area contributed by atoms with Gasteiger partial charge in [0, 0.05) is 64.0 Å². The lowest BCUT2D eigenvalue weighted by molar-refractivity contribution is 0.121. The molecule has 32 heavy (non-hydrogen) atoms. The number of ether oxygens (including phenoxy) is 1. The van der Waals surface area contributed by atoms with Gasteiger partial charge in [0.1, 0.15) is 5.52 Å². The molecule has 0 saturated carbocycles. The van der Waals surface area contributed by atoms with E-state index in [1.807, 2.05) is 18.2 Å². The van der Waals surface area contributed by atoms with Crippen molar-refractivity contribution >= 4 is 32.4 Å². The summed E-state index contributed by atoms with van der Waals surface area (Å²) in [5.74, 6) is 0. The average Bonchev–Trinajstić information content (AvgIpc) is 3.45. The number of nitrogens with zero attached hydrogens (tertiary/aromatic N) is 4. The summed E-state index contributed by atoms with van der Waals surface area (Å²) in [7, 11) is -2.07. The van der Waals surface area contributed by atoms with E-state index in [-0.39, 0.29) is 11.0 Å². The molecular formula is C23H29N5O3S. The molecule has 2 saturated heterocycles. The van der Waals surface area contributed by atoms with E-state index in [1.165, 1.54) is 3.97 Å². The Morgan fingerprint density at radius 3 is 2.78 bits per heavy atom. The molecule has 9 heteroatoms. The molecular weight excluding hydrogens is 426 g/mol. The number of hydrogen-bond donors (Lipinski definition) is 1. The highest BCUT2D eigenvalue weighted by molar-refractivity contribution is 7.90. The van der Waals surface area contributed by atoms with Crippen LogP contribution in [0.25, 0.3) is 11.0 Å². The normalized spacial score (nSPS) is 22.1. The highest BCUT2D eigenvalue weighted by atomic mass is 32.2. The molecule has 0 bridgehead atoms. The number of anilines is 2. The van der Waals surface area contributed by atoms with Gasteiger partial charge in [0.2, 0.25) is 0 Å². The molecule has 0 aliphatic carbocycles. The average molecular weight is 456 g/mol. The standard InChI is InChI=1S/C23H29N5O3S/c1-17-14-27(12-10-24-17)22-16-28(21-7-4-9-25-23(21)22)32(29,30)20-6-3-5-18(13-20)26-11-8-19(15-26)31-2/h3-7,9,13,16-17,19,24H,8,10-12,14-15H2,1-2H3/t17-,19?/m0/s1. The van der Waals surface area contributed by atoms with E-state index in [0.29, 0.717) is 17.1 Å². The first-order chi connectivity index (χ1) is 15.5. The molecule has 1 N–H and O–H groups in total. The number of rotatable bonds is 5. The molecule has 0 spiro atoms. The molecule has 0 radical (unpaired) electrons. The molecule has 170 valence electrons. The third kappa shape index (κ3) is 3.74. The number of benzene rings is 1. The van der Waals surface area contributed by atoms with E-state index in [1.54, 1.807) is 37.7 Å². The largest absolute Gasteiger partial charge is 0.380 e. The topological polar surface area (TPSA) is 79.7 Å². The Bertz CT molecular complexity index is 1230. The lowest BCUT2D eigenvalue weighted by Gasteiger charge is -2.32. The lowest BCUT2D eigenvalue weighted by Crippen LogP contribution is -2.49. The molecule has 1 aromatic carbocycles. The third-order valence-corrected chi connectivity index (χ3v) is 8.10. The van der Waals surface area contributed by atoms with Crippen molar-refractivity contribution in [3.05, 3.63) is 48.8 Å². The summed E-state index contributed by atoms with van der Waals surface area (Å²) in [6.07, 6.45) is 4.57. The number of hydrogen-bond acceptors (Lipinski definition) is 7. The number of piperazine rings is 1. The highest BCUT2D eigenvalue weighted by Gasteiger charge is 2.27. The Labute approximate surface area is 188 Å². The van der Waals surface area contributed by atoms with Gasteiger partial charge in [-0.05, 0) is 43.7 Å². The maximum Gasteiger partial charge on any atom is 0.268 e. The zero-order valence-electron chi connectivity index (χ0n) is 18.4. The van der Waals surface area contributed by atoms with Crippen LogP contribution in [0.5, 0.6) is 0 Å². The van der Waals surface area contributed by atoms with Crippen LogP contribution in [0.3, 0.4) is 0 Å². The Morgan fingerprint density at radius 2 is 2.00 bits per heavy atom. The van der Waals surface area contributed by atoms with Gasteiger partial charge in [-0.25, -0.2) is 12.4 Å². The second-order valence-electron chi connectivity index (χ2n) is 8.58. The van der Waals surface area contributed by atoms with E-state index in [4.69, 9.17) is 4.74 Å². The van der Waals surface area contributed by atoms with Crippen LogP contribution in [-0.2, 0) is 14.8 Å². The number of pyridine rings is 1. The number of fused-ring (bicyclic) bond motifs is 1. The van der Waals surface area contributed by atoms with Crippen LogP contribution in [0, 0.1) is 0 Å². The second kappa shape index (κ2) is 8.38. The Balaban J connectivity index is 1.55. The molecule has 5 rings (SSSR count). The molecule has 4 heterocycles. The van der Waals surface area contributed by atoms with Crippen LogP contribution in [0.2, 0.25) is 0 Å². The van der Waals surface area contributed by atoms with Crippen molar-refractivity contribution in [1.29, 1.82) is 0 Å². The van der Waals surface area contributed by atoms with E-state index in [2.05, 4.69) is 27.0 Å².